The molecule has 1 aliphatic heterocycles. The van der Waals surface area contributed by atoms with Crippen LogP contribution in [0.2, 0.25) is 0 Å². The number of carboxylic acids is 1. The zero-order valence-corrected chi connectivity index (χ0v) is 28.5. The minimum atomic E-state index is -1.68. The lowest BCUT2D eigenvalue weighted by molar-refractivity contribution is -0.281. The normalized spacial score (nSPS) is 52.7. The van der Waals surface area contributed by atoms with Gasteiger partial charge in [0.25, 0.3) is 6.47 Å². The lowest BCUT2D eigenvalue weighted by Crippen LogP contribution is -2.67. The number of Topliss-reactive ketones (excluding diaryl/α,β-unsaturated/α-hetero) is 1. The van der Waals surface area contributed by atoms with Gasteiger partial charge in [-0.15, -0.1) is 0 Å². The minimum absolute atomic E-state index is 0.00692. The number of hydrogen-bond donors (Lipinski definition) is 4. The van der Waals surface area contributed by atoms with E-state index in [1.807, 2.05) is 0 Å². The van der Waals surface area contributed by atoms with Gasteiger partial charge >= 0.3 is 5.97 Å². The van der Waals surface area contributed by atoms with Gasteiger partial charge in [0.2, 0.25) is 6.29 Å². The number of carboxylic acid groups (broad SMARTS) is 1. The summed E-state index contributed by atoms with van der Waals surface area (Å²) < 4.78 is 10.4. The first-order chi connectivity index (χ1) is 21.4. The fraction of sp³-hybridized carbons (Fsp3) is 0.865. The van der Waals surface area contributed by atoms with E-state index in [-0.39, 0.29) is 46.3 Å². The molecule has 0 aromatic carbocycles. The van der Waals surface area contributed by atoms with Crippen LogP contribution in [0.5, 0.6) is 0 Å². The van der Waals surface area contributed by atoms with Crippen molar-refractivity contribution in [3.8, 4) is 0 Å². The molecule has 5 aliphatic carbocycles. The highest BCUT2D eigenvalue weighted by atomic mass is 16.7. The molecule has 5 saturated carbocycles. The number of aliphatic hydroxyl groups excluding tert-OH is 3. The molecule has 4 N–H and O–H groups in total. The molecule has 6 unspecified atom stereocenters. The Balaban J connectivity index is 1.29. The van der Waals surface area contributed by atoms with Crippen molar-refractivity contribution in [1.29, 1.82) is 0 Å². The highest BCUT2D eigenvalue weighted by Crippen LogP contribution is 2.78. The van der Waals surface area contributed by atoms with E-state index in [0.29, 0.717) is 18.3 Å². The first kappa shape index (κ1) is 34.1. The second-order valence-electron chi connectivity index (χ2n) is 17.6. The van der Waals surface area contributed by atoms with E-state index in [0.717, 1.165) is 63.4 Å². The van der Waals surface area contributed by atoms with Gasteiger partial charge < -0.3 is 29.9 Å². The monoisotopic (exact) mass is 644 g/mol. The fourth-order valence-electron chi connectivity index (χ4n) is 13.5. The summed E-state index contributed by atoms with van der Waals surface area (Å²) in [6.45, 7) is 18.3. The van der Waals surface area contributed by atoms with Gasteiger partial charge in [0.05, 0.1) is 5.41 Å². The van der Waals surface area contributed by atoms with Crippen molar-refractivity contribution < 1.29 is 44.3 Å². The Bertz CT molecular complexity index is 1280. The molecular weight excluding hydrogens is 588 g/mol. The van der Waals surface area contributed by atoms with E-state index >= 15 is 0 Å². The molecule has 6 fully saturated rings. The Kier molecular flexibility index (Phi) is 8.23. The summed E-state index contributed by atoms with van der Waals surface area (Å²) in [4.78, 5) is 38.1. The molecule has 0 spiro atoms. The standard InChI is InChI=1S/C37H56O9/c1-19(2)20-10-15-37(32(43)44)17-16-35(6)21(25(20)37)8-9-24-34(5)13-11-22(33(3,4)23(34)12-14-36(24,35)7)26(39)30-28(41)27(40)29(42)31(46-30)45-18-38/h18,20-25,27-31,40-42H,1,8-17H2,2-7H3,(H,43,44)/t20-,21?,22+,23?,24?,25?,27?,28-,29-,30-,31?,34-,35+,36+,37-/m0/s1. The van der Waals surface area contributed by atoms with Crippen LogP contribution >= 0.6 is 0 Å². The van der Waals surface area contributed by atoms with E-state index in [2.05, 4.69) is 48.1 Å². The van der Waals surface area contributed by atoms with Crippen LogP contribution in [0.3, 0.4) is 0 Å². The van der Waals surface area contributed by atoms with Crippen LogP contribution in [0.4, 0.5) is 0 Å². The summed E-state index contributed by atoms with van der Waals surface area (Å²) in [5.74, 6) is -0.0123. The lowest BCUT2D eigenvalue weighted by atomic mass is 9.31. The fourth-order valence-corrected chi connectivity index (χ4v) is 13.5. The summed E-state index contributed by atoms with van der Waals surface area (Å²) in [6, 6.07) is 0. The maximum atomic E-state index is 14.1. The van der Waals surface area contributed by atoms with Gasteiger partial charge in [0.15, 0.2) is 5.78 Å². The van der Waals surface area contributed by atoms with Gasteiger partial charge in [0, 0.05) is 5.92 Å². The maximum Gasteiger partial charge on any atom is 0.309 e. The average molecular weight is 645 g/mol. The quantitative estimate of drug-likeness (QED) is 0.234. The number of carbonyl (C=O) groups excluding carboxylic acids is 2. The van der Waals surface area contributed by atoms with Crippen LogP contribution in [-0.4, -0.2) is 69.4 Å². The molecule has 0 aromatic heterocycles. The third-order valence-electron chi connectivity index (χ3n) is 15.9. The first-order valence-electron chi connectivity index (χ1n) is 17.6. The van der Waals surface area contributed by atoms with Gasteiger partial charge in [-0.25, -0.2) is 0 Å². The van der Waals surface area contributed by atoms with Crippen molar-refractivity contribution in [1.82, 2.24) is 0 Å². The van der Waals surface area contributed by atoms with Gasteiger partial charge in [0.1, 0.15) is 24.4 Å². The number of carbonyl (C=O) groups is 3. The molecule has 258 valence electrons. The van der Waals surface area contributed by atoms with Crippen LogP contribution in [0, 0.1) is 62.6 Å². The molecule has 0 aromatic rings. The summed E-state index contributed by atoms with van der Waals surface area (Å²) in [7, 11) is 0. The van der Waals surface area contributed by atoms with Crippen molar-refractivity contribution in [2.75, 3.05) is 0 Å². The van der Waals surface area contributed by atoms with Crippen molar-refractivity contribution in [3.05, 3.63) is 12.2 Å². The van der Waals surface area contributed by atoms with Crippen LogP contribution in [0.15, 0.2) is 12.2 Å². The first-order valence-corrected chi connectivity index (χ1v) is 17.6. The number of rotatable bonds is 6. The third-order valence-corrected chi connectivity index (χ3v) is 15.9. The second-order valence-corrected chi connectivity index (χ2v) is 17.6. The molecule has 0 bridgehead atoms. The van der Waals surface area contributed by atoms with Crippen LogP contribution < -0.4 is 0 Å². The topological polar surface area (TPSA) is 151 Å². The molecule has 1 saturated heterocycles. The lowest BCUT2D eigenvalue weighted by Gasteiger charge is -2.73. The molecule has 9 heteroatoms. The summed E-state index contributed by atoms with van der Waals surface area (Å²) in [6.07, 6.45) is 0.890. The van der Waals surface area contributed by atoms with Crippen molar-refractivity contribution in [2.24, 2.45) is 62.6 Å². The summed E-state index contributed by atoms with van der Waals surface area (Å²) in [5.41, 5.74) is 0.0512. The molecule has 6 rings (SSSR count). The Morgan fingerprint density at radius 3 is 2.15 bits per heavy atom. The van der Waals surface area contributed by atoms with Gasteiger partial charge in [-0.05, 0) is 122 Å². The SMILES string of the molecule is C=C(C)[C@@H]1CC[C@]2(C(=O)O)CC[C@]3(C)C(CCC4[C@@]5(C)CC[C@H](C(=O)[C@@H]6OC(OC=O)[C@@H](O)C(O)[C@@H]6O)C(C)(C)C5CC[C@]43C)C12. The number of aliphatic carboxylic acids is 1. The van der Waals surface area contributed by atoms with Crippen molar-refractivity contribution >= 4 is 18.2 Å². The number of ether oxygens (including phenoxy) is 2. The molecule has 1 heterocycles. The minimum Gasteiger partial charge on any atom is -0.481 e. The van der Waals surface area contributed by atoms with E-state index in [1.165, 1.54) is 0 Å². The molecule has 6 aliphatic rings. The van der Waals surface area contributed by atoms with Crippen molar-refractivity contribution in [2.45, 2.75) is 136 Å². The van der Waals surface area contributed by atoms with Crippen LogP contribution in [-0.2, 0) is 23.9 Å². The van der Waals surface area contributed by atoms with E-state index in [1.54, 1.807) is 0 Å². The largest absolute Gasteiger partial charge is 0.481 e. The van der Waals surface area contributed by atoms with E-state index < -0.39 is 53.4 Å². The second kappa shape index (κ2) is 11.1. The van der Waals surface area contributed by atoms with E-state index in [4.69, 9.17) is 9.47 Å². The molecule has 15 atom stereocenters. The van der Waals surface area contributed by atoms with Gasteiger partial charge in [-0.3, -0.25) is 14.4 Å². The molecule has 0 amide bonds. The molecular formula is C37H56O9. The van der Waals surface area contributed by atoms with Gasteiger partial charge in [-0.1, -0.05) is 46.8 Å². The number of fused-ring (bicyclic) bond motifs is 7. The summed E-state index contributed by atoms with van der Waals surface area (Å²) >= 11 is 0. The maximum absolute atomic E-state index is 14.1. The molecule has 9 nitrogen and oxygen atoms in total. The zero-order valence-electron chi connectivity index (χ0n) is 28.5. The Morgan fingerprint density at radius 1 is 0.826 bits per heavy atom. The zero-order chi connectivity index (χ0) is 33.8. The van der Waals surface area contributed by atoms with Crippen LogP contribution in [0.1, 0.15) is 106 Å². The number of ketones is 1. The number of allylic oxidation sites excluding steroid dienone is 1. The van der Waals surface area contributed by atoms with Crippen LogP contribution in [0.25, 0.3) is 0 Å². The third kappa shape index (κ3) is 4.36. The average Bonchev–Trinajstić information content (AvgIpc) is 3.39. The number of aliphatic hydroxyl groups is 3. The number of hydrogen-bond acceptors (Lipinski definition) is 8. The van der Waals surface area contributed by atoms with Gasteiger partial charge in [-0.2, -0.15) is 0 Å². The Hall–Kier alpha value is -1.81. The smallest absolute Gasteiger partial charge is 0.309 e. The highest BCUT2D eigenvalue weighted by molar-refractivity contribution is 5.87. The molecule has 46 heavy (non-hydrogen) atoms. The van der Waals surface area contributed by atoms with Crippen molar-refractivity contribution in [3.63, 3.8) is 0 Å². The predicted molar refractivity (Wildman–Crippen MR) is 169 cm³/mol. The molecule has 0 radical (unpaired) electrons. The highest BCUT2D eigenvalue weighted by Gasteiger charge is 2.72. The summed E-state index contributed by atoms with van der Waals surface area (Å²) in [5, 5.41) is 42.2. The predicted octanol–water partition coefficient (Wildman–Crippen LogP) is 4.89. The van der Waals surface area contributed by atoms with E-state index in [9.17, 15) is 34.8 Å². The Labute approximate surface area is 273 Å². The Morgan fingerprint density at radius 2 is 1.52 bits per heavy atom.